The van der Waals surface area contributed by atoms with Crippen molar-refractivity contribution in [2.45, 2.75) is 20.4 Å². The highest BCUT2D eigenvalue weighted by molar-refractivity contribution is 5.77. The molecule has 7 nitrogen and oxygen atoms in total. The lowest BCUT2D eigenvalue weighted by Gasteiger charge is -2.18. The van der Waals surface area contributed by atoms with Gasteiger partial charge in [0, 0.05) is 19.3 Å². The van der Waals surface area contributed by atoms with Crippen LogP contribution in [0.4, 0.5) is 0 Å². The maximum atomic E-state index is 11.9. The van der Waals surface area contributed by atoms with Gasteiger partial charge in [-0.25, -0.2) is 0 Å². The Morgan fingerprint density at radius 2 is 2.00 bits per heavy atom. The Hall–Kier alpha value is -2.31. The highest BCUT2D eigenvalue weighted by Gasteiger charge is 2.12. The van der Waals surface area contributed by atoms with Crippen molar-refractivity contribution in [3.63, 3.8) is 0 Å². The molecule has 1 aromatic heterocycles. The average molecular weight is 282 g/mol. The largest absolute Gasteiger partial charge is 0.480 e. The van der Waals surface area contributed by atoms with E-state index in [9.17, 15) is 14.4 Å². The molecule has 1 amide bonds. The summed E-state index contributed by atoms with van der Waals surface area (Å²) < 4.78 is 6.20. The summed E-state index contributed by atoms with van der Waals surface area (Å²) in [6.07, 6.45) is 1.36. The van der Waals surface area contributed by atoms with E-state index < -0.39 is 18.1 Å². The van der Waals surface area contributed by atoms with Gasteiger partial charge in [0.05, 0.1) is 0 Å². The van der Waals surface area contributed by atoms with Crippen LogP contribution in [0.25, 0.3) is 0 Å². The summed E-state index contributed by atoms with van der Waals surface area (Å²) >= 11 is 0. The lowest BCUT2D eigenvalue weighted by atomic mass is 10.4. The van der Waals surface area contributed by atoms with Crippen molar-refractivity contribution in [1.82, 2.24) is 9.47 Å². The second kappa shape index (κ2) is 7.32. The minimum Gasteiger partial charge on any atom is -0.480 e. The van der Waals surface area contributed by atoms with Gasteiger partial charge in [0.25, 0.3) is 11.5 Å². The number of carboxylic acids is 1. The van der Waals surface area contributed by atoms with E-state index in [1.165, 1.54) is 18.3 Å². The molecule has 0 aliphatic heterocycles. The monoisotopic (exact) mass is 282 g/mol. The molecule has 1 rings (SSSR count). The third-order valence-electron chi connectivity index (χ3n) is 2.76. The first kappa shape index (κ1) is 15.7. The van der Waals surface area contributed by atoms with Crippen molar-refractivity contribution in [2.75, 3.05) is 19.7 Å². The van der Waals surface area contributed by atoms with Crippen LogP contribution in [0.15, 0.2) is 23.1 Å². The molecule has 0 radical (unpaired) electrons. The number of carboxylic acid groups (broad SMARTS) is 1. The van der Waals surface area contributed by atoms with Gasteiger partial charge in [-0.1, -0.05) is 0 Å². The molecule has 0 aliphatic carbocycles. The van der Waals surface area contributed by atoms with E-state index in [1.807, 2.05) is 13.8 Å². The minimum atomic E-state index is -1.12. The molecule has 0 atom stereocenters. The summed E-state index contributed by atoms with van der Waals surface area (Å²) in [4.78, 5) is 35.8. The summed E-state index contributed by atoms with van der Waals surface area (Å²) in [5.41, 5.74) is -0.567. The molecule has 0 fully saturated rings. The molecule has 1 N–H and O–H groups in total. The molecule has 0 aromatic carbocycles. The number of aromatic nitrogens is 1. The Balaban J connectivity index is 2.76. The van der Waals surface area contributed by atoms with E-state index in [0.29, 0.717) is 13.1 Å². The van der Waals surface area contributed by atoms with Gasteiger partial charge in [-0.2, -0.15) is 0 Å². The minimum absolute atomic E-state index is 0.0331. The van der Waals surface area contributed by atoms with Crippen LogP contribution in [-0.4, -0.2) is 46.1 Å². The zero-order valence-electron chi connectivity index (χ0n) is 11.5. The quantitative estimate of drug-likeness (QED) is 0.770. The van der Waals surface area contributed by atoms with Gasteiger partial charge >= 0.3 is 5.97 Å². The van der Waals surface area contributed by atoms with Crippen molar-refractivity contribution < 1.29 is 19.4 Å². The second-order valence-corrected chi connectivity index (χ2v) is 4.05. The van der Waals surface area contributed by atoms with Crippen LogP contribution in [0.1, 0.15) is 13.8 Å². The summed E-state index contributed by atoms with van der Waals surface area (Å²) in [7, 11) is 0. The van der Waals surface area contributed by atoms with Crippen LogP contribution in [-0.2, 0) is 16.1 Å². The molecule has 1 heterocycles. The zero-order chi connectivity index (χ0) is 15.1. The average Bonchev–Trinajstić information content (AvgIpc) is 2.40. The van der Waals surface area contributed by atoms with E-state index in [2.05, 4.69) is 0 Å². The molecule has 110 valence electrons. The Labute approximate surface area is 116 Å². The Bertz CT molecular complexity index is 534. The van der Waals surface area contributed by atoms with E-state index in [-0.39, 0.29) is 18.3 Å². The molecule has 7 heteroatoms. The SMILES string of the molecule is CCN(CC)C(=O)COc1cccn(CC(=O)O)c1=O. The molecule has 0 spiro atoms. The van der Waals surface area contributed by atoms with Crippen LogP contribution >= 0.6 is 0 Å². The van der Waals surface area contributed by atoms with Crippen molar-refractivity contribution in [2.24, 2.45) is 0 Å². The molecule has 0 saturated heterocycles. The van der Waals surface area contributed by atoms with E-state index >= 15 is 0 Å². The predicted molar refractivity (Wildman–Crippen MR) is 71.8 cm³/mol. The highest BCUT2D eigenvalue weighted by atomic mass is 16.5. The first-order valence-electron chi connectivity index (χ1n) is 6.31. The summed E-state index contributed by atoms with van der Waals surface area (Å²) in [5.74, 6) is -1.37. The predicted octanol–water partition coefficient (Wildman–Crippen LogP) is 0.180. The normalized spacial score (nSPS) is 10.1. The molecular formula is C13H18N2O5. The lowest BCUT2D eigenvalue weighted by Crippen LogP contribution is -2.35. The van der Waals surface area contributed by atoms with Gasteiger partial charge < -0.3 is 19.3 Å². The maximum Gasteiger partial charge on any atom is 0.323 e. The molecule has 0 unspecified atom stereocenters. The Kier molecular flexibility index (Phi) is 5.76. The number of nitrogens with zero attached hydrogens (tertiary/aromatic N) is 2. The fourth-order valence-corrected chi connectivity index (χ4v) is 1.70. The lowest BCUT2D eigenvalue weighted by molar-refractivity contribution is -0.138. The fraction of sp³-hybridized carbons (Fsp3) is 0.462. The van der Waals surface area contributed by atoms with Gasteiger partial charge in [0.1, 0.15) is 6.54 Å². The number of amides is 1. The van der Waals surface area contributed by atoms with Gasteiger partial charge in [-0.05, 0) is 26.0 Å². The van der Waals surface area contributed by atoms with Crippen LogP contribution in [0.5, 0.6) is 5.75 Å². The molecule has 0 aliphatic rings. The first-order chi connectivity index (χ1) is 9.49. The van der Waals surface area contributed by atoms with Gasteiger partial charge in [0.15, 0.2) is 12.4 Å². The first-order valence-corrected chi connectivity index (χ1v) is 6.31. The number of carbonyl (C=O) groups excluding carboxylic acids is 1. The zero-order valence-corrected chi connectivity index (χ0v) is 11.5. The molecule has 20 heavy (non-hydrogen) atoms. The van der Waals surface area contributed by atoms with Gasteiger partial charge in [0.2, 0.25) is 0 Å². The topological polar surface area (TPSA) is 88.8 Å². The summed E-state index contributed by atoms with van der Waals surface area (Å²) in [5, 5.41) is 8.68. The standard InChI is InChI=1S/C13H18N2O5/c1-3-14(4-2)11(16)9-20-10-6-5-7-15(13(10)19)8-12(17)18/h5-7H,3-4,8-9H2,1-2H3,(H,17,18). The third-order valence-corrected chi connectivity index (χ3v) is 2.76. The summed E-state index contributed by atoms with van der Waals surface area (Å²) in [6, 6.07) is 2.91. The summed E-state index contributed by atoms with van der Waals surface area (Å²) in [6.45, 7) is 4.15. The second-order valence-electron chi connectivity index (χ2n) is 4.05. The van der Waals surface area contributed by atoms with Crippen LogP contribution in [0.3, 0.4) is 0 Å². The Morgan fingerprint density at radius 3 is 2.55 bits per heavy atom. The van der Waals surface area contributed by atoms with E-state index in [4.69, 9.17) is 9.84 Å². The Morgan fingerprint density at radius 1 is 1.35 bits per heavy atom. The number of pyridine rings is 1. The number of aliphatic carboxylic acids is 1. The number of likely N-dealkylation sites (N-methyl/N-ethyl adjacent to an activating group) is 1. The number of carbonyl (C=O) groups is 2. The van der Waals surface area contributed by atoms with E-state index in [0.717, 1.165) is 4.57 Å². The maximum absolute atomic E-state index is 11.9. The number of ether oxygens (including phenoxy) is 1. The molecule has 0 saturated carbocycles. The molecule has 1 aromatic rings. The number of rotatable bonds is 7. The van der Waals surface area contributed by atoms with Gasteiger partial charge in [-0.15, -0.1) is 0 Å². The number of hydrogen-bond donors (Lipinski definition) is 1. The highest BCUT2D eigenvalue weighted by Crippen LogP contribution is 2.02. The third kappa shape index (κ3) is 4.11. The van der Waals surface area contributed by atoms with Crippen molar-refractivity contribution in [1.29, 1.82) is 0 Å². The van der Waals surface area contributed by atoms with Crippen molar-refractivity contribution in [3.8, 4) is 5.75 Å². The van der Waals surface area contributed by atoms with Crippen molar-refractivity contribution >= 4 is 11.9 Å². The molecule has 0 bridgehead atoms. The fourth-order valence-electron chi connectivity index (χ4n) is 1.70. The van der Waals surface area contributed by atoms with Crippen LogP contribution < -0.4 is 10.3 Å². The van der Waals surface area contributed by atoms with E-state index in [1.54, 1.807) is 4.90 Å². The van der Waals surface area contributed by atoms with Crippen LogP contribution in [0.2, 0.25) is 0 Å². The number of hydrogen-bond acceptors (Lipinski definition) is 4. The van der Waals surface area contributed by atoms with Crippen LogP contribution in [0, 0.1) is 0 Å². The van der Waals surface area contributed by atoms with Gasteiger partial charge in [-0.3, -0.25) is 14.4 Å². The smallest absolute Gasteiger partial charge is 0.323 e. The van der Waals surface area contributed by atoms with Crippen molar-refractivity contribution in [3.05, 3.63) is 28.7 Å². The molecular weight excluding hydrogens is 264 g/mol.